The summed E-state index contributed by atoms with van der Waals surface area (Å²) in [7, 11) is 0. The molecule has 0 radical (unpaired) electrons. The van der Waals surface area contributed by atoms with Crippen LogP contribution >= 0.6 is 0 Å². The van der Waals surface area contributed by atoms with E-state index in [1.165, 1.54) is 51.5 Å². The van der Waals surface area contributed by atoms with E-state index in [1.54, 1.807) is 0 Å². The Morgan fingerprint density at radius 3 is 2.53 bits per heavy atom. The molecule has 0 saturated heterocycles. The van der Waals surface area contributed by atoms with Gasteiger partial charge in [0, 0.05) is 6.04 Å². The molecule has 84 valence electrons. The third-order valence-electron chi connectivity index (χ3n) is 4.69. The fraction of sp³-hybridized carbons (Fsp3) is 0.857. The predicted molar refractivity (Wildman–Crippen MR) is 63.7 cm³/mol. The quantitative estimate of drug-likeness (QED) is 0.698. The summed E-state index contributed by atoms with van der Waals surface area (Å²) < 4.78 is 0. The van der Waals surface area contributed by atoms with Crippen molar-refractivity contribution in [2.45, 2.75) is 51.0 Å². The Morgan fingerprint density at radius 1 is 1.00 bits per heavy atom. The van der Waals surface area contributed by atoms with Gasteiger partial charge in [-0.25, -0.2) is 0 Å². The van der Waals surface area contributed by atoms with Gasteiger partial charge in [0.05, 0.1) is 0 Å². The normalized spacial score (nSPS) is 40.1. The molecule has 2 saturated carbocycles. The molecular weight excluding hydrogens is 182 g/mol. The summed E-state index contributed by atoms with van der Waals surface area (Å²) in [5, 5.41) is 3.81. The first-order valence-electron chi connectivity index (χ1n) is 6.83. The van der Waals surface area contributed by atoms with Crippen molar-refractivity contribution in [2.75, 3.05) is 6.54 Å². The Hall–Kier alpha value is -0.300. The number of hydrogen-bond donors (Lipinski definition) is 1. The summed E-state index contributed by atoms with van der Waals surface area (Å²) in [5.74, 6) is 2.82. The van der Waals surface area contributed by atoms with Crippen molar-refractivity contribution in [2.24, 2.45) is 17.8 Å². The summed E-state index contributed by atoms with van der Waals surface area (Å²) in [6.45, 7) is 1.29. The van der Waals surface area contributed by atoms with Crippen molar-refractivity contribution in [1.29, 1.82) is 0 Å². The van der Waals surface area contributed by atoms with Crippen LogP contribution in [0.15, 0.2) is 12.2 Å². The second kappa shape index (κ2) is 4.29. The fourth-order valence-corrected chi connectivity index (χ4v) is 3.75. The minimum atomic E-state index is 0.849. The first kappa shape index (κ1) is 9.89. The second-order valence-electron chi connectivity index (χ2n) is 5.78. The van der Waals surface area contributed by atoms with Gasteiger partial charge in [-0.1, -0.05) is 31.4 Å². The van der Waals surface area contributed by atoms with E-state index in [4.69, 9.17) is 0 Å². The molecule has 3 atom stereocenters. The van der Waals surface area contributed by atoms with Gasteiger partial charge in [-0.2, -0.15) is 0 Å². The number of nitrogens with one attached hydrogen (secondary N) is 1. The molecule has 0 amide bonds. The maximum Gasteiger partial charge on any atom is 0.00671 e. The molecule has 0 unspecified atom stereocenters. The van der Waals surface area contributed by atoms with Crippen LogP contribution in [0.5, 0.6) is 0 Å². The van der Waals surface area contributed by atoms with Crippen molar-refractivity contribution in [3.63, 3.8) is 0 Å². The monoisotopic (exact) mass is 205 g/mol. The Balaban J connectivity index is 1.44. The Labute approximate surface area is 93.3 Å². The highest BCUT2D eigenvalue weighted by Crippen LogP contribution is 2.43. The van der Waals surface area contributed by atoms with E-state index in [1.807, 2.05) is 0 Å². The van der Waals surface area contributed by atoms with Crippen LogP contribution in [0.25, 0.3) is 0 Å². The summed E-state index contributed by atoms with van der Waals surface area (Å²) in [5.41, 5.74) is 0. The molecule has 0 heterocycles. The van der Waals surface area contributed by atoms with Crippen molar-refractivity contribution < 1.29 is 0 Å². The van der Waals surface area contributed by atoms with Crippen LogP contribution in [0.1, 0.15) is 44.9 Å². The second-order valence-corrected chi connectivity index (χ2v) is 5.78. The largest absolute Gasteiger partial charge is 0.314 e. The van der Waals surface area contributed by atoms with Crippen LogP contribution in [0.4, 0.5) is 0 Å². The molecule has 3 rings (SSSR count). The van der Waals surface area contributed by atoms with E-state index in [9.17, 15) is 0 Å². The van der Waals surface area contributed by atoms with E-state index < -0.39 is 0 Å². The molecule has 0 aliphatic heterocycles. The van der Waals surface area contributed by atoms with Crippen LogP contribution in [-0.2, 0) is 0 Å². The summed E-state index contributed by atoms with van der Waals surface area (Å²) >= 11 is 0. The highest BCUT2D eigenvalue weighted by molar-refractivity contribution is 5.10. The van der Waals surface area contributed by atoms with Crippen LogP contribution in [0, 0.1) is 17.8 Å². The van der Waals surface area contributed by atoms with Crippen molar-refractivity contribution in [1.82, 2.24) is 5.32 Å². The average molecular weight is 205 g/mol. The molecule has 1 heteroatoms. The van der Waals surface area contributed by atoms with Gasteiger partial charge >= 0.3 is 0 Å². The molecule has 3 aliphatic rings. The highest BCUT2D eigenvalue weighted by Gasteiger charge is 2.35. The molecule has 0 aromatic rings. The van der Waals surface area contributed by atoms with Crippen LogP contribution in [0.3, 0.4) is 0 Å². The van der Waals surface area contributed by atoms with Gasteiger partial charge in [0.2, 0.25) is 0 Å². The number of allylic oxidation sites excluding steroid dienone is 2. The van der Waals surface area contributed by atoms with E-state index in [0.717, 1.165) is 23.8 Å². The van der Waals surface area contributed by atoms with E-state index in [2.05, 4.69) is 17.5 Å². The van der Waals surface area contributed by atoms with Crippen LogP contribution < -0.4 is 5.32 Å². The molecule has 1 N–H and O–H groups in total. The lowest BCUT2D eigenvalue weighted by molar-refractivity contribution is 0.328. The third kappa shape index (κ3) is 2.13. The van der Waals surface area contributed by atoms with Gasteiger partial charge in [0.15, 0.2) is 0 Å². The van der Waals surface area contributed by atoms with Gasteiger partial charge in [0.1, 0.15) is 0 Å². The number of fused-ring (bicyclic) bond motifs is 2. The van der Waals surface area contributed by atoms with Gasteiger partial charge in [-0.05, 0) is 50.0 Å². The van der Waals surface area contributed by atoms with Gasteiger partial charge in [0.25, 0.3) is 0 Å². The van der Waals surface area contributed by atoms with Gasteiger partial charge in [-0.3, -0.25) is 0 Å². The van der Waals surface area contributed by atoms with E-state index in [-0.39, 0.29) is 0 Å². The maximum absolute atomic E-state index is 3.81. The third-order valence-corrected chi connectivity index (χ3v) is 4.69. The molecule has 3 aliphatic carbocycles. The first-order chi connectivity index (χ1) is 7.42. The molecule has 2 fully saturated rings. The molecular formula is C14H23N. The Bertz CT molecular complexity index is 240. The summed E-state index contributed by atoms with van der Waals surface area (Å²) in [4.78, 5) is 0. The molecule has 0 spiro atoms. The smallest absolute Gasteiger partial charge is 0.00671 e. The van der Waals surface area contributed by atoms with Crippen LogP contribution in [-0.4, -0.2) is 12.6 Å². The fourth-order valence-electron chi connectivity index (χ4n) is 3.75. The van der Waals surface area contributed by atoms with Crippen molar-refractivity contribution >= 4 is 0 Å². The van der Waals surface area contributed by atoms with E-state index in [0.29, 0.717) is 0 Å². The van der Waals surface area contributed by atoms with Crippen molar-refractivity contribution in [3.05, 3.63) is 12.2 Å². The van der Waals surface area contributed by atoms with Gasteiger partial charge in [-0.15, -0.1) is 0 Å². The summed E-state index contributed by atoms with van der Waals surface area (Å²) in [6.07, 6.45) is 15.1. The zero-order valence-corrected chi connectivity index (χ0v) is 9.62. The number of rotatable bonds is 3. The molecule has 1 nitrogen and oxygen atoms in total. The summed E-state index contributed by atoms with van der Waals surface area (Å²) in [6, 6.07) is 0.849. The number of hydrogen-bond acceptors (Lipinski definition) is 1. The maximum atomic E-state index is 3.81. The minimum absolute atomic E-state index is 0.849. The lowest BCUT2D eigenvalue weighted by Crippen LogP contribution is -2.35. The first-order valence-corrected chi connectivity index (χ1v) is 6.83. The predicted octanol–water partition coefficient (Wildman–Crippen LogP) is 3.12. The van der Waals surface area contributed by atoms with Crippen LogP contribution in [0.2, 0.25) is 0 Å². The lowest BCUT2D eigenvalue weighted by Gasteiger charge is -2.26. The average Bonchev–Trinajstić information content (AvgIpc) is 2.89. The zero-order valence-electron chi connectivity index (χ0n) is 9.62. The molecule has 0 aromatic carbocycles. The SMILES string of the molecule is C1=C[C@H]2C[C@H]1C[C@@H]2CNC1CCCCC1. The molecule has 2 bridgehead atoms. The standard InChI is InChI=1S/C14H23N/c1-2-4-14(5-3-1)15-10-13-9-11-6-7-12(13)8-11/h6-7,11-15H,1-5,8-10H2/t11-,12-,13+/m0/s1. The van der Waals surface area contributed by atoms with Gasteiger partial charge < -0.3 is 5.32 Å². The zero-order chi connectivity index (χ0) is 10.1. The van der Waals surface area contributed by atoms with E-state index >= 15 is 0 Å². The Kier molecular flexibility index (Phi) is 2.83. The molecule has 15 heavy (non-hydrogen) atoms. The topological polar surface area (TPSA) is 12.0 Å². The lowest BCUT2D eigenvalue weighted by atomic mass is 9.91. The Morgan fingerprint density at radius 2 is 1.87 bits per heavy atom. The molecule has 0 aromatic heterocycles. The minimum Gasteiger partial charge on any atom is -0.314 e. The highest BCUT2D eigenvalue weighted by atomic mass is 14.9. The van der Waals surface area contributed by atoms with Crippen molar-refractivity contribution in [3.8, 4) is 0 Å².